The van der Waals surface area contributed by atoms with Gasteiger partial charge in [-0.2, -0.15) is 13.2 Å². The second-order valence-corrected chi connectivity index (χ2v) is 6.27. The van der Waals surface area contributed by atoms with Crippen LogP contribution < -0.4 is 5.32 Å². The van der Waals surface area contributed by atoms with Gasteiger partial charge in [0.2, 0.25) is 0 Å². The summed E-state index contributed by atoms with van der Waals surface area (Å²) < 4.78 is 52.3. The molecule has 2 atom stereocenters. The highest BCUT2D eigenvalue weighted by atomic mass is 19.4. The van der Waals surface area contributed by atoms with Crippen LogP contribution in [0, 0.1) is 11.7 Å². The van der Waals surface area contributed by atoms with Crippen molar-refractivity contribution in [2.75, 3.05) is 19.6 Å². The highest BCUT2D eigenvalue weighted by Gasteiger charge is 2.34. The standard InChI is InChI=1S/C16H22F4N2/c1-10(2)15(22-7-6-21-11(3)9-22)13-5-4-12(8-14(13)17)16(18,19)20/h4-5,8,10-11,15,21H,6-7,9H2,1-3H3. The molecule has 2 unspecified atom stereocenters. The van der Waals surface area contributed by atoms with Crippen molar-refractivity contribution >= 4 is 0 Å². The molecule has 0 amide bonds. The van der Waals surface area contributed by atoms with Crippen LogP contribution in [-0.4, -0.2) is 30.6 Å². The lowest BCUT2D eigenvalue weighted by Crippen LogP contribution is -2.51. The number of halogens is 4. The topological polar surface area (TPSA) is 15.3 Å². The predicted octanol–water partition coefficient (Wildman–Crippen LogP) is 3.84. The molecule has 0 spiro atoms. The number of rotatable bonds is 3. The fourth-order valence-electron chi connectivity index (χ4n) is 3.14. The van der Waals surface area contributed by atoms with Crippen LogP contribution in [-0.2, 0) is 6.18 Å². The van der Waals surface area contributed by atoms with E-state index in [0.717, 1.165) is 25.7 Å². The maximum Gasteiger partial charge on any atom is 0.416 e. The quantitative estimate of drug-likeness (QED) is 0.852. The third kappa shape index (κ3) is 3.79. The molecule has 2 rings (SSSR count). The monoisotopic (exact) mass is 318 g/mol. The molecule has 1 heterocycles. The van der Waals surface area contributed by atoms with Gasteiger partial charge >= 0.3 is 6.18 Å². The molecule has 1 N–H and O–H groups in total. The summed E-state index contributed by atoms with van der Waals surface area (Å²) in [6, 6.07) is 2.94. The third-order valence-corrected chi connectivity index (χ3v) is 4.07. The zero-order chi connectivity index (χ0) is 16.5. The fourth-order valence-corrected chi connectivity index (χ4v) is 3.14. The van der Waals surface area contributed by atoms with E-state index in [1.165, 1.54) is 6.07 Å². The Hall–Kier alpha value is -1.14. The Bertz CT molecular complexity index is 513. The lowest BCUT2D eigenvalue weighted by atomic mass is 9.92. The van der Waals surface area contributed by atoms with E-state index in [1.807, 2.05) is 20.8 Å². The molecule has 0 saturated carbocycles. The molecule has 1 aliphatic heterocycles. The van der Waals surface area contributed by atoms with Crippen molar-refractivity contribution in [2.45, 2.75) is 39.0 Å². The zero-order valence-corrected chi connectivity index (χ0v) is 13.0. The minimum atomic E-state index is -4.52. The molecule has 2 nitrogen and oxygen atoms in total. The number of hydrogen-bond acceptors (Lipinski definition) is 2. The molecule has 1 aromatic rings. The van der Waals surface area contributed by atoms with Crippen LogP contribution in [0.3, 0.4) is 0 Å². The first-order chi connectivity index (χ1) is 10.2. The molecule has 22 heavy (non-hydrogen) atoms. The van der Waals surface area contributed by atoms with Crippen LogP contribution in [0.4, 0.5) is 17.6 Å². The van der Waals surface area contributed by atoms with Crippen LogP contribution in [0.2, 0.25) is 0 Å². The average Bonchev–Trinajstić information content (AvgIpc) is 2.39. The number of hydrogen-bond donors (Lipinski definition) is 1. The van der Waals surface area contributed by atoms with Crippen LogP contribution >= 0.6 is 0 Å². The van der Waals surface area contributed by atoms with Crippen LogP contribution in [0.1, 0.15) is 37.9 Å². The minimum absolute atomic E-state index is 0.108. The van der Waals surface area contributed by atoms with Gasteiger partial charge in [0, 0.05) is 37.3 Å². The van der Waals surface area contributed by atoms with E-state index in [9.17, 15) is 17.6 Å². The van der Waals surface area contributed by atoms with E-state index in [4.69, 9.17) is 0 Å². The van der Waals surface area contributed by atoms with Crippen LogP contribution in [0.5, 0.6) is 0 Å². The first-order valence-electron chi connectivity index (χ1n) is 7.54. The van der Waals surface area contributed by atoms with Gasteiger partial charge in [-0.15, -0.1) is 0 Å². The molecule has 1 saturated heterocycles. The van der Waals surface area contributed by atoms with Gasteiger partial charge in [-0.25, -0.2) is 4.39 Å². The fraction of sp³-hybridized carbons (Fsp3) is 0.625. The summed E-state index contributed by atoms with van der Waals surface area (Å²) in [6.07, 6.45) is -4.52. The van der Waals surface area contributed by atoms with Crippen molar-refractivity contribution in [1.29, 1.82) is 0 Å². The summed E-state index contributed by atoms with van der Waals surface area (Å²) in [5.41, 5.74) is -0.595. The number of piperazine rings is 1. The average molecular weight is 318 g/mol. The van der Waals surface area contributed by atoms with E-state index in [0.29, 0.717) is 11.6 Å². The van der Waals surface area contributed by atoms with Crippen molar-refractivity contribution in [3.63, 3.8) is 0 Å². The molecule has 1 aromatic carbocycles. The Balaban J connectivity index is 2.33. The van der Waals surface area contributed by atoms with E-state index in [1.54, 1.807) is 0 Å². The zero-order valence-electron chi connectivity index (χ0n) is 13.0. The lowest BCUT2D eigenvalue weighted by molar-refractivity contribution is -0.137. The van der Waals surface area contributed by atoms with Crippen LogP contribution in [0.25, 0.3) is 0 Å². The van der Waals surface area contributed by atoms with Crippen molar-refractivity contribution in [3.8, 4) is 0 Å². The van der Waals surface area contributed by atoms with Crippen molar-refractivity contribution in [3.05, 3.63) is 35.1 Å². The first kappa shape index (κ1) is 17.2. The Morgan fingerprint density at radius 2 is 1.95 bits per heavy atom. The second-order valence-electron chi connectivity index (χ2n) is 6.27. The number of benzene rings is 1. The molecule has 0 aliphatic carbocycles. The molecule has 6 heteroatoms. The van der Waals surface area contributed by atoms with Crippen LogP contribution in [0.15, 0.2) is 18.2 Å². The molecular weight excluding hydrogens is 296 g/mol. The van der Waals surface area contributed by atoms with Gasteiger partial charge in [-0.3, -0.25) is 4.90 Å². The molecule has 0 bridgehead atoms. The molecular formula is C16H22F4N2. The van der Waals surface area contributed by atoms with Crippen molar-refractivity contribution in [2.24, 2.45) is 5.92 Å². The molecule has 0 aromatic heterocycles. The van der Waals surface area contributed by atoms with Gasteiger partial charge in [0.1, 0.15) is 5.82 Å². The highest BCUT2D eigenvalue weighted by molar-refractivity contribution is 5.29. The molecule has 1 aliphatic rings. The summed E-state index contributed by atoms with van der Waals surface area (Å²) >= 11 is 0. The predicted molar refractivity (Wildman–Crippen MR) is 78.0 cm³/mol. The second kappa shape index (κ2) is 6.54. The van der Waals surface area contributed by atoms with Gasteiger partial charge in [-0.05, 0) is 25.0 Å². The maximum absolute atomic E-state index is 14.3. The van der Waals surface area contributed by atoms with E-state index in [2.05, 4.69) is 10.2 Å². The smallest absolute Gasteiger partial charge is 0.312 e. The van der Waals surface area contributed by atoms with Gasteiger partial charge in [0.25, 0.3) is 0 Å². The van der Waals surface area contributed by atoms with E-state index >= 15 is 0 Å². The highest BCUT2D eigenvalue weighted by Crippen LogP contribution is 2.35. The van der Waals surface area contributed by atoms with Crippen molar-refractivity contribution in [1.82, 2.24) is 10.2 Å². The normalized spacial score (nSPS) is 22.1. The molecule has 124 valence electrons. The Labute approximate surface area is 128 Å². The number of alkyl halides is 3. The molecule has 1 fully saturated rings. The number of nitrogens with zero attached hydrogens (tertiary/aromatic N) is 1. The van der Waals surface area contributed by atoms with Gasteiger partial charge in [0.15, 0.2) is 0 Å². The maximum atomic E-state index is 14.3. The third-order valence-electron chi connectivity index (χ3n) is 4.07. The van der Waals surface area contributed by atoms with Crippen molar-refractivity contribution < 1.29 is 17.6 Å². The summed E-state index contributed by atoms with van der Waals surface area (Å²) in [6.45, 7) is 8.29. The lowest BCUT2D eigenvalue weighted by Gasteiger charge is -2.40. The first-order valence-corrected chi connectivity index (χ1v) is 7.54. The Morgan fingerprint density at radius 1 is 1.27 bits per heavy atom. The summed E-state index contributed by atoms with van der Waals surface area (Å²) in [4.78, 5) is 2.15. The summed E-state index contributed by atoms with van der Waals surface area (Å²) in [7, 11) is 0. The van der Waals surface area contributed by atoms with Gasteiger partial charge in [-0.1, -0.05) is 19.9 Å². The number of nitrogens with one attached hydrogen (secondary N) is 1. The van der Waals surface area contributed by atoms with Gasteiger partial charge < -0.3 is 5.32 Å². The van der Waals surface area contributed by atoms with E-state index < -0.39 is 17.6 Å². The van der Waals surface area contributed by atoms with E-state index in [-0.39, 0.29) is 18.0 Å². The Morgan fingerprint density at radius 3 is 2.45 bits per heavy atom. The minimum Gasteiger partial charge on any atom is -0.312 e. The Kier molecular flexibility index (Phi) is 5.12. The summed E-state index contributed by atoms with van der Waals surface area (Å²) in [5, 5.41) is 3.32. The summed E-state index contributed by atoms with van der Waals surface area (Å²) in [5.74, 6) is -0.670. The largest absolute Gasteiger partial charge is 0.416 e. The van der Waals surface area contributed by atoms with Gasteiger partial charge in [0.05, 0.1) is 5.56 Å². The molecule has 0 radical (unpaired) electrons. The SMILES string of the molecule is CC1CN(C(c2ccc(C(F)(F)F)cc2F)C(C)C)CCN1.